The Morgan fingerprint density at radius 3 is 2.49 bits per heavy atom. The molecule has 3 fully saturated rings. The van der Waals surface area contributed by atoms with Gasteiger partial charge in [0, 0.05) is 44.5 Å². The molecular formula is C33H37F3N2O5. The molecule has 0 spiro atoms. The molecule has 5 rings (SSSR count). The number of carbonyl (C=O) groups excluding carboxylic acids is 3. The van der Waals surface area contributed by atoms with Gasteiger partial charge in [-0.25, -0.2) is 0 Å². The van der Waals surface area contributed by atoms with Gasteiger partial charge in [-0.2, -0.15) is 13.2 Å². The second kappa shape index (κ2) is 12.1. The lowest BCUT2D eigenvalue weighted by Gasteiger charge is -2.59. The number of fused-ring (bicyclic) bond motifs is 1. The van der Waals surface area contributed by atoms with E-state index in [4.69, 9.17) is 9.47 Å². The molecular weight excluding hydrogens is 561 g/mol. The van der Waals surface area contributed by atoms with E-state index in [1.54, 1.807) is 6.07 Å². The largest absolute Gasteiger partial charge is 0.457 e. The average Bonchev–Trinajstić information content (AvgIpc) is 3.75. The van der Waals surface area contributed by atoms with E-state index in [0.29, 0.717) is 43.9 Å². The first-order valence-corrected chi connectivity index (χ1v) is 14.7. The minimum atomic E-state index is -4.47. The van der Waals surface area contributed by atoms with Crippen molar-refractivity contribution < 1.29 is 37.0 Å². The molecule has 2 saturated carbocycles. The van der Waals surface area contributed by atoms with Crippen LogP contribution in [0.25, 0.3) is 6.08 Å². The standard InChI is InChI=1S/C33H37F3N2O5/c1-22(39)42-29-8-4-6-26(18-29)31-15-16-38(20-25-9-10-25)21-32(31,43-23(2)40)14-13-28(19-31)37-30(41)12-11-24-5-3-7-27(17-24)33(34,35)36/h3-8,11-12,17-18,25,28H,9-10,13-16,19-21H2,1-2H3,(H,37,41)/b12-11+. The predicted molar refractivity (Wildman–Crippen MR) is 154 cm³/mol. The van der Waals surface area contributed by atoms with E-state index >= 15 is 0 Å². The Morgan fingerprint density at radius 2 is 1.79 bits per heavy atom. The lowest BCUT2D eigenvalue weighted by atomic mass is 9.55. The maximum Gasteiger partial charge on any atom is 0.416 e. The summed E-state index contributed by atoms with van der Waals surface area (Å²) in [5.41, 5.74) is -1.16. The molecule has 2 aromatic carbocycles. The second-order valence-corrected chi connectivity index (χ2v) is 12.1. The molecule has 10 heteroatoms. The average molecular weight is 599 g/mol. The summed E-state index contributed by atoms with van der Waals surface area (Å²) in [6.07, 6.45) is 2.75. The molecule has 2 aliphatic carbocycles. The van der Waals surface area contributed by atoms with E-state index < -0.39 is 34.6 Å². The van der Waals surface area contributed by atoms with Gasteiger partial charge in [-0.3, -0.25) is 19.3 Å². The summed E-state index contributed by atoms with van der Waals surface area (Å²) in [6, 6.07) is 11.8. The quantitative estimate of drug-likeness (QED) is 0.240. The third-order valence-corrected chi connectivity index (χ3v) is 8.89. The summed E-state index contributed by atoms with van der Waals surface area (Å²) in [6.45, 7) is 5.06. The van der Waals surface area contributed by atoms with Crippen LogP contribution in [-0.4, -0.2) is 54.0 Å². The Bertz CT molecular complexity index is 1400. The molecule has 7 nitrogen and oxygen atoms in total. The maximum absolute atomic E-state index is 13.1. The van der Waals surface area contributed by atoms with Crippen LogP contribution in [0.3, 0.4) is 0 Å². The molecule has 1 aliphatic heterocycles. The summed E-state index contributed by atoms with van der Waals surface area (Å²) < 4.78 is 51.0. The molecule has 1 N–H and O–H groups in total. The van der Waals surface area contributed by atoms with Crippen LogP contribution in [0.4, 0.5) is 13.2 Å². The highest BCUT2D eigenvalue weighted by molar-refractivity contribution is 5.92. The summed E-state index contributed by atoms with van der Waals surface area (Å²) in [4.78, 5) is 39.7. The number of esters is 2. The minimum Gasteiger partial charge on any atom is -0.457 e. The van der Waals surface area contributed by atoms with Crippen LogP contribution in [0.1, 0.15) is 69.1 Å². The highest BCUT2D eigenvalue weighted by Gasteiger charge is 2.61. The van der Waals surface area contributed by atoms with E-state index in [-0.39, 0.29) is 17.6 Å². The fourth-order valence-corrected chi connectivity index (χ4v) is 6.89. The number of benzene rings is 2. The molecule has 1 amide bonds. The third kappa shape index (κ3) is 7.12. The predicted octanol–water partition coefficient (Wildman–Crippen LogP) is 5.67. The van der Waals surface area contributed by atoms with Crippen molar-refractivity contribution >= 4 is 23.9 Å². The molecule has 0 radical (unpaired) electrons. The molecule has 43 heavy (non-hydrogen) atoms. The number of amides is 1. The number of halogens is 3. The zero-order valence-electron chi connectivity index (χ0n) is 24.4. The van der Waals surface area contributed by atoms with E-state index in [0.717, 1.165) is 30.8 Å². The van der Waals surface area contributed by atoms with Crippen molar-refractivity contribution in [3.63, 3.8) is 0 Å². The molecule has 1 saturated heterocycles. The number of alkyl halides is 3. The van der Waals surface area contributed by atoms with Crippen molar-refractivity contribution in [1.82, 2.24) is 10.2 Å². The molecule has 3 aliphatic rings. The van der Waals surface area contributed by atoms with Crippen molar-refractivity contribution in [2.45, 2.75) is 75.6 Å². The number of hydrogen-bond donors (Lipinski definition) is 1. The van der Waals surface area contributed by atoms with Crippen LogP contribution >= 0.6 is 0 Å². The van der Waals surface area contributed by atoms with E-state index in [9.17, 15) is 27.6 Å². The smallest absolute Gasteiger partial charge is 0.416 e. The van der Waals surface area contributed by atoms with Crippen LogP contribution in [0.2, 0.25) is 0 Å². The maximum atomic E-state index is 13.1. The van der Waals surface area contributed by atoms with Crippen molar-refractivity contribution in [2.75, 3.05) is 19.6 Å². The van der Waals surface area contributed by atoms with E-state index in [2.05, 4.69) is 10.2 Å². The number of piperidine rings is 1. The molecule has 2 aromatic rings. The Morgan fingerprint density at radius 1 is 1.02 bits per heavy atom. The van der Waals surface area contributed by atoms with Gasteiger partial charge in [0.15, 0.2) is 0 Å². The third-order valence-electron chi connectivity index (χ3n) is 8.89. The van der Waals surface area contributed by atoms with Gasteiger partial charge in [-0.05, 0) is 92.5 Å². The fourth-order valence-electron chi connectivity index (χ4n) is 6.89. The molecule has 1 heterocycles. The number of rotatable bonds is 8. The van der Waals surface area contributed by atoms with Crippen molar-refractivity contribution in [1.29, 1.82) is 0 Å². The lowest BCUT2D eigenvalue weighted by Crippen LogP contribution is -2.68. The Hall–Kier alpha value is -3.66. The molecule has 230 valence electrons. The van der Waals surface area contributed by atoms with E-state index in [1.165, 1.54) is 51.0 Å². The van der Waals surface area contributed by atoms with Crippen LogP contribution in [0.15, 0.2) is 54.6 Å². The van der Waals surface area contributed by atoms with Crippen LogP contribution in [0.5, 0.6) is 5.75 Å². The van der Waals surface area contributed by atoms with Crippen LogP contribution in [0, 0.1) is 5.92 Å². The monoisotopic (exact) mass is 598 g/mol. The van der Waals surface area contributed by atoms with Crippen LogP contribution < -0.4 is 10.1 Å². The normalized spacial score (nSPS) is 26.0. The van der Waals surface area contributed by atoms with Gasteiger partial charge in [0.1, 0.15) is 11.4 Å². The Kier molecular flexibility index (Phi) is 8.70. The van der Waals surface area contributed by atoms with Gasteiger partial charge in [-0.1, -0.05) is 24.3 Å². The van der Waals surface area contributed by atoms with Gasteiger partial charge in [0.05, 0.1) is 5.56 Å². The van der Waals surface area contributed by atoms with Gasteiger partial charge < -0.3 is 14.8 Å². The van der Waals surface area contributed by atoms with Crippen molar-refractivity contribution in [2.24, 2.45) is 5.92 Å². The topological polar surface area (TPSA) is 84.9 Å². The van der Waals surface area contributed by atoms with Crippen molar-refractivity contribution in [3.05, 3.63) is 71.3 Å². The minimum absolute atomic E-state index is 0.268. The SMILES string of the molecule is CC(=O)Oc1cccc(C23CCN(CC4CC4)CC2(OC(C)=O)CCC(NC(=O)/C=C/c2cccc(C(F)(F)F)c2)C3)c1. The molecule has 3 atom stereocenters. The summed E-state index contributed by atoms with van der Waals surface area (Å²) in [5.74, 6) is -0.181. The molecule has 0 aromatic heterocycles. The number of nitrogens with zero attached hydrogens (tertiary/aromatic N) is 1. The number of hydrogen-bond acceptors (Lipinski definition) is 6. The molecule has 0 bridgehead atoms. The summed E-state index contributed by atoms with van der Waals surface area (Å²) >= 11 is 0. The number of ether oxygens (including phenoxy) is 2. The van der Waals surface area contributed by atoms with Gasteiger partial charge >= 0.3 is 18.1 Å². The fraction of sp³-hybridized carbons (Fsp3) is 0.485. The zero-order valence-corrected chi connectivity index (χ0v) is 24.4. The number of likely N-dealkylation sites (tertiary alicyclic amines) is 1. The molecule has 3 unspecified atom stereocenters. The number of nitrogens with one attached hydrogen (secondary N) is 1. The first-order valence-electron chi connectivity index (χ1n) is 14.7. The lowest BCUT2D eigenvalue weighted by molar-refractivity contribution is -0.187. The van der Waals surface area contributed by atoms with E-state index in [1.807, 2.05) is 18.2 Å². The summed E-state index contributed by atoms with van der Waals surface area (Å²) in [7, 11) is 0. The van der Waals surface area contributed by atoms with Crippen LogP contribution in [-0.2, 0) is 30.7 Å². The summed E-state index contributed by atoms with van der Waals surface area (Å²) in [5, 5.41) is 3.04. The Labute approximate surface area is 249 Å². The Balaban J connectivity index is 1.42. The van der Waals surface area contributed by atoms with Gasteiger partial charge in [0.2, 0.25) is 5.91 Å². The van der Waals surface area contributed by atoms with Crippen molar-refractivity contribution in [3.8, 4) is 5.75 Å². The highest BCUT2D eigenvalue weighted by Crippen LogP contribution is 2.54. The first-order chi connectivity index (χ1) is 20.4. The zero-order chi connectivity index (χ0) is 30.8. The van der Waals surface area contributed by atoms with Gasteiger partial charge in [0.25, 0.3) is 0 Å². The first kappa shape index (κ1) is 30.8. The number of carbonyl (C=O) groups is 3. The second-order valence-electron chi connectivity index (χ2n) is 12.1. The van der Waals surface area contributed by atoms with Gasteiger partial charge in [-0.15, -0.1) is 0 Å². The highest BCUT2D eigenvalue weighted by atomic mass is 19.4.